The van der Waals surface area contributed by atoms with Gasteiger partial charge < -0.3 is 9.84 Å². The zero-order valence-corrected chi connectivity index (χ0v) is 17.8. The summed E-state index contributed by atoms with van der Waals surface area (Å²) in [5, 5.41) is 10.3. The van der Waals surface area contributed by atoms with Crippen LogP contribution in [-0.4, -0.2) is 27.5 Å². The van der Waals surface area contributed by atoms with Crippen molar-refractivity contribution in [3.63, 3.8) is 0 Å². The predicted octanol–water partition coefficient (Wildman–Crippen LogP) is 5.57. The van der Waals surface area contributed by atoms with Gasteiger partial charge in [0.2, 0.25) is 5.88 Å². The zero-order chi connectivity index (χ0) is 20.2. The second-order valence-corrected chi connectivity index (χ2v) is 7.98. The van der Waals surface area contributed by atoms with Crippen LogP contribution in [0.15, 0.2) is 40.3 Å². The summed E-state index contributed by atoms with van der Waals surface area (Å²) in [6.45, 7) is 2.24. The first kappa shape index (κ1) is 22.3. The molecule has 0 aliphatic heterocycles. The molecule has 1 N–H and O–H groups in total. The molecule has 0 spiro atoms. The fraction of sp³-hybridized carbons (Fsp3) is 0.545. The number of para-hydroxylation sites is 2. The van der Waals surface area contributed by atoms with Gasteiger partial charge in [-0.3, -0.25) is 9.36 Å². The van der Waals surface area contributed by atoms with E-state index in [2.05, 4.69) is 11.9 Å². The van der Waals surface area contributed by atoms with Gasteiger partial charge in [0.25, 0.3) is 5.56 Å². The standard InChI is InChI=1S/C22H32N2O3S/c1-3-4-5-6-7-8-9-10-13-16-28-22-23-20(25)17-21(26)24(22)18-14-11-12-15-19(18)27-2/h11-12,14-15,17,25H,3-10,13,16H2,1-2H3. The third kappa shape index (κ3) is 6.89. The second kappa shape index (κ2) is 12.5. The van der Waals surface area contributed by atoms with Crippen molar-refractivity contribution in [1.82, 2.24) is 9.55 Å². The number of unbranched alkanes of at least 4 members (excludes halogenated alkanes) is 8. The molecule has 2 rings (SSSR count). The van der Waals surface area contributed by atoms with E-state index in [4.69, 9.17) is 4.74 Å². The maximum atomic E-state index is 12.5. The molecule has 1 heterocycles. The van der Waals surface area contributed by atoms with Crippen molar-refractivity contribution in [2.45, 2.75) is 69.9 Å². The third-order valence-corrected chi connectivity index (χ3v) is 5.70. The number of rotatable bonds is 13. The minimum absolute atomic E-state index is 0.245. The molecule has 0 bridgehead atoms. The molecule has 28 heavy (non-hydrogen) atoms. The third-order valence-electron chi connectivity index (χ3n) is 4.68. The smallest absolute Gasteiger partial charge is 0.262 e. The van der Waals surface area contributed by atoms with Crippen LogP contribution in [0.5, 0.6) is 11.6 Å². The normalized spacial score (nSPS) is 10.9. The Bertz CT molecular complexity index is 777. The summed E-state index contributed by atoms with van der Waals surface area (Å²) in [7, 11) is 1.58. The van der Waals surface area contributed by atoms with E-state index in [1.54, 1.807) is 7.11 Å². The molecular weight excluding hydrogens is 372 g/mol. The van der Waals surface area contributed by atoms with Gasteiger partial charge in [0.15, 0.2) is 5.16 Å². The highest BCUT2D eigenvalue weighted by Crippen LogP contribution is 2.27. The summed E-state index contributed by atoms with van der Waals surface area (Å²) in [6.07, 6.45) is 11.5. The maximum Gasteiger partial charge on any atom is 0.262 e. The Hall–Kier alpha value is -1.95. The first-order valence-electron chi connectivity index (χ1n) is 10.3. The molecule has 2 aromatic rings. The lowest BCUT2D eigenvalue weighted by molar-refractivity contribution is 0.409. The lowest BCUT2D eigenvalue weighted by Gasteiger charge is -2.14. The molecule has 0 radical (unpaired) electrons. The molecule has 5 nitrogen and oxygen atoms in total. The molecule has 6 heteroatoms. The van der Waals surface area contributed by atoms with Crippen LogP contribution in [0, 0.1) is 0 Å². The van der Waals surface area contributed by atoms with Crippen molar-refractivity contribution in [3.05, 3.63) is 40.7 Å². The van der Waals surface area contributed by atoms with Gasteiger partial charge in [-0.05, 0) is 18.6 Å². The summed E-state index contributed by atoms with van der Waals surface area (Å²) in [4.78, 5) is 16.7. The number of aromatic hydroxyl groups is 1. The number of aromatic nitrogens is 2. The van der Waals surface area contributed by atoms with Gasteiger partial charge in [-0.15, -0.1) is 0 Å². The van der Waals surface area contributed by atoms with Crippen LogP contribution in [0.25, 0.3) is 5.69 Å². The van der Waals surface area contributed by atoms with E-state index in [1.165, 1.54) is 67.7 Å². The summed E-state index contributed by atoms with van der Waals surface area (Å²) in [6, 6.07) is 8.47. The Balaban J connectivity index is 1.91. The number of benzene rings is 1. The molecule has 0 amide bonds. The Kier molecular flexibility index (Phi) is 9.97. The van der Waals surface area contributed by atoms with Gasteiger partial charge in [0, 0.05) is 5.75 Å². The van der Waals surface area contributed by atoms with E-state index in [1.807, 2.05) is 24.3 Å². The van der Waals surface area contributed by atoms with Gasteiger partial charge in [-0.25, -0.2) is 0 Å². The Labute approximate surface area is 172 Å². The quantitative estimate of drug-likeness (QED) is 0.269. The molecule has 0 aliphatic carbocycles. The maximum absolute atomic E-state index is 12.5. The number of hydrogen-bond acceptors (Lipinski definition) is 5. The molecule has 0 atom stereocenters. The molecule has 154 valence electrons. The fourth-order valence-electron chi connectivity index (χ4n) is 3.16. The number of nitrogens with zero attached hydrogens (tertiary/aromatic N) is 2. The van der Waals surface area contributed by atoms with E-state index in [-0.39, 0.29) is 11.4 Å². The van der Waals surface area contributed by atoms with Crippen molar-refractivity contribution in [2.75, 3.05) is 12.9 Å². The van der Waals surface area contributed by atoms with Gasteiger partial charge in [0.05, 0.1) is 18.9 Å². The largest absolute Gasteiger partial charge is 0.495 e. The van der Waals surface area contributed by atoms with E-state index < -0.39 is 0 Å². The molecule has 0 saturated heterocycles. The van der Waals surface area contributed by atoms with Gasteiger partial charge in [0.1, 0.15) is 5.75 Å². The highest BCUT2D eigenvalue weighted by molar-refractivity contribution is 7.99. The molecule has 0 saturated carbocycles. The molecule has 0 aliphatic rings. The van der Waals surface area contributed by atoms with Crippen LogP contribution < -0.4 is 10.3 Å². The summed E-state index contributed by atoms with van der Waals surface area (Å²) < 4.78 is 6.90. The predicted molar refractivity (Wildman–Crippen MR) is 116 cm³/mol. The average molecular weight is 405 g/mol. The molecule has 1 aromatic carbocycles. The average Bonchev–Trinajstić information content (AvgIpc) is 2.69. The van der Waals surface area contributed by atoms with Crippen molar-refractivity contribution in [2.24, 2.45) is 0 Å². The lowest BCUT2D eigenvalue weighted by atomic mass is 10.1. The number of ether oxygens (including phenoxy) is 1. The van der Waals surface area contributed by atoms with Gasteiger partial charge in [-0.2, -0.15) is 4.98 Å². The Morgan fingerprint density at radius 1 is 1.04 bits per heavy atom. The first-order valence-corrected chi connectivity index (χ1v) is 11.2. The van der Waals surface area contributed by atoms with Crippen LogP contribution in [0.1, 0.15) is 64.7 Å². The topological polar surface area (TPSA) is 64.4 Å². The van der Waals surface area contributed by atoms with Crippen LogP contribution >= 0.6 is 11.8 Å². The monoisotopic (exact) mass is 404 g/mol. The summed E-state index contributed by atoms with van der Waals surface area (Å²) in [5.41, 5.74) is 0.323. The minimum atomic E-state index is -0.313. The Morgan fingerprint density at radius 3 is 2.36 bits per heavy atom. The van der Waals surface area contributed by atoms with Crippen LogP contribution in [-0.2, 0) is 0 Å². The number of thioether (sulfide) groups is 1. The molecule has 1 aromatic heterocycles. The highest BCUT2D eigenvalue weighted by atomic mass is 32.2. The van der Waals surface area contributed by atoms with Gasteiger partial charge in [-0.1, -0.05) is 82.2 Å². The van der Waals surface area contributed by atoms with E-state index >= 15 is 0 Å². The van der Waals surface area contributed by atoms with Gasteiger partial charge >= 0.3 is 0 Å². The SMILES string of the molecule is CCCCCCCCCCCSc1nc(O)cc(=O)n1-c1ccccc1OC. The van der Waals surface area contributed by atoms with E-state index in [0.717, 1.165) is 18.2 Å². The molecule has 0 unspecified atom stereocenters. The van der Waals surface area contributed by atoms with Crippen molar-refractivity contribution >= 4 is 11.8 Å². The number of methoxy groups -OCH3 is 1. The highest BCUT2D eigenvalue weighted by Gasteiger charge is 2.14. The number of hydrogen-bond donors (Lipinski definition) is 1. The van der Waals surface area contributed by atoms with Crippen molar-refractivity contribution < 1.29 is 9.84 Å². The van der Waals surface area contributed by atoms with Crippen molar-refractivity contribution in [1.29, 1.82) is 0 Å². The Morgan fingerprint density at radius 2 is 1.68 bits per heavy atom. The summed E-state index contributed by atoms with van der Waals surface area (Å²) >= 11 is 1.50. The van der Waals surface area contributed by atoms with Crippen LogP contribution in [0.4, 0.5) is 0 Å². The van der Waals surface area contributed by atoms with Crippen LogP contribution in [0.2, 0.25) is 0 Å². The lowest BCUT2D eigenvalue weighted by Crippen LogP contribution is -2.20. The molecule has 0 fully saturated rings. The van der Waals surface area contributed by atoms with Crippen LogP contribution in [0.3, 0.4) is 0 Å². The second-order valence-electron chi connectivity index (χ2n) is 6.92. The first-order chi connectivity index (χ1) is 13.7. The fourth-order valence-corrected chi connectivity index (χ4v) is 4.17. The zero-order valence-electron chi connectivity index (χ0n) is 17.0. The van der Waals surface area contributed by atoms with E-state index in [9.17, 15) is 9.90 Å². The minimum Gasteiger partial charge on any atom is -0.495 e. The van der Waals surface area contributed by atoms with E-state index in [0.29, 0.717) is 16.6 Å². The summed E-state index contributed by atoms with van der Waals surface area (Å²) in [5.74, 6) is 1.22. The van der Waals surface area contributed by atoms with Crippen molar-refractivity contribution in [3.8, 4) is 17.3 Å². The molecular formula is C22H32N2O3S.